The first-order chi connectivity index (χ1) is 9.20. The van der Waals surface area contributed by atoms with E-state index in [-0.39, 0.29) is 0 Å². The predicted molar refractivity (Wildman–Crippen MR) is 74.9 cm³/mol. The van der Waals surface area contributed by atoms with Gasteiger partial charge in [-0.3, -0.25) is 4.98 Å². The van der Waals surface area contributed by atoms with Gasteiger partial charge in [0, 0.05) is 6.20 Å². The van der Waals surface area contributed by atoms with Gasteiger partial charge in [-0.2, -0.15) is 0 Å². The monoisotopic (exact) mass is 276 g/mol. The normalized spacial score (nSPS) is 10.0. The lowest BCUT2D eigenvalue weighted by Crippen LogP contribution is -2.05. The van der Waals surface area contributed by atoms with Gasteiger partial charge in [-0.1, -0.05) is 23.7 Å². The standard InChI is InChI=1S/C14H13ClN2O2/c1-2-19-14(18)10-7-11(9-16-8-10)17-13-6-4-3-5-12(13)15/h3-9,17H,2H2,1H3. The van der Waals surface area contributed by atoms with E-state index in [0.29, 0.717) is 22.9 Å². The molecule has 98 valence electrons. The molecule has 0 atom stereocenters. The number of hydrogen-bond donors (Lipinski definition) is 1. The van der Waals surface area contributed by atoms with Gasteiger partial charge >= 0.3 is 5.97 Å². The number of nitrogens with zero attached hydrogens (tertiary/aromatic N) is 1. The summed E-state index contributed by atoms with van der Waals surface area (Å²) < 4.78 is 4.92. The average Bonchev–Trinajstić information content (AvgIpc) is 2.42. The fourth-order valence-corrected chi connectivity index (χ4v) is 1.74. The first-order valence-electron chi connectivity index (χ1n) is 5.84. The maximum Gasteiger partial charge on any atom is 0.339 e. The summed E-state index contributed by atoms with van der Waals surface area (Å²) in [6, 6.07) is 9.03. The SMILES string of the molecule is CCOC(=O)c1cncc(Nc2ccccc2Cl)c1. The van der Waals surface area contributed by atoms with E-state index in [1.807, 2.05) is 18.2 Å². The third-order valence-corrected chi connectivity index (χ3v) is 2.73. The Bertz CT molecular complexity index is 587. The highest BCUT2D eigenvalue weighted by molar-refractivity contribution is 6.33. The summed E-state index contributed by atoms with van der Waals surface area (Å²) in [4.78, 5) is 15.6. The molecule has 2 aromatic rings. The third-order valence-electron chi connectivity index (χ3n) is 2.40. The van der Waals surface area contributed by atoms with E-state index < -0.39 is 5.97 Å². The molecule has 0 saturated heterocycles. The molecule has 4 nitrogen and oxygen atoms in total. The van der Waals surface area contributed by atoms with Crippen LogP contribution >= 0.6 is 11.6 Å². The van der Waals surface area contributed by atoms with Gasteiger partial charge in [0.05, 0.1) is 34.8 Å². The van der Waals surface area contributed by atoms with Crippen molar-refractivity contribution < 1.29 is 9.53 Å². The summed E-state index contributed by atoms with van der Waals surface area (Å²) >= 11 is 6.05. The Morgan fingerprint density at radius 2 is 2.16 bits per heavy atom. The second kappa shape index (κ2) is 6.20. The number of esters is 1. The Balaban J connectivity index is 2.20. The Morgan fingerprint density at radius 3 is 2.89 bits per heavy atom. The largest absolute Gasteiger partial charge is 0.462 e. The van der Waals surface area contributed by atoms with Gasteiger partial charge in [-0.05, 0) is 25.1 Å². The molecule has 0 aliphatic carbocycles. The molecular weight excluding hydrogens is 264 g/mol. The third kappa shape index (κ3) is 3.45. The van der Waals surface area contributed by atoms with Crippen molar-refractivity contribution in [1.82, 2.24) is 4.98 Å². The molecular formula is C14H13ClN2O2. The van der Waals surface area contributed by atoms with Crippen molar-refractivity contribution in [3.63, 3.8) is 0 Å². The second-order valence-corrected chi connectivity index (χ2v) is 4.19. The summed E-state index contributed by atoms with van der Waals surface area (Å²) in [7, 11) is 0. The number of para-hydroxylation sites is 1. The summed E-state index contributed by atoms with van der Waals surface area (Å²) in [5.74, 6) is -0.391. The topological polar surface area (TPSA) is 51.2 Å². The van der Waals surface area contributed by atoms with Crippen LogP contribution in [0.5, 0.6) is 0 Å². The highest BCUT2D eigenvalue weighted by atomic mass is 35.5. The maximum atomic E-state index is 11.6. The molecule has 1 aromatic heterocycles. The fourth-order valence-electron chi connectivity index (χ4n) is 1.55. The van der Waals surface area contributed by atoms with Crippen LogP contribution in [0.1, 0.15) is 17.3 Å². The number of ether oxygens (including phenoxy) is 1. The molecule has 0 aliphatic rings. The van der Waals surface area contributed by atoms with Gasteiger partial charge < -0.3 is 10.1 Å². The molecule has 5 heteroatoms. The van der Waals surface area contributed by atoms with E-state index in [4.69, 9.17) is 16.3 Å². The first-order valence-corrected chi connectivity index (χ1v) is 6.22. The van der Waals surface area contributed by atoms with E-state index >= 15 is 0 Å². The lowest BCUT2D eigenvalue weighted by Gasteiger charge is -2.09. The molecule has 0 bridgehead atoms. The number of nitrogens with one attached hydrogen (secondary N) is 1. The van der Waals surface area contributed by atoms with Gasteiger partial charge in [0.2, 0.25) is 0 Å². The van der Waals surface area contributed by atoms with E-state index in [2.05, 4.69) is 10.3 Å². The van der Waals surface area contributed by atoms with Crippen LogP contribution in [0.15, 0.2) is 42.7 Å². The molecule has 0 unspecified atom stereocenters. The molecule has 2 rings (SSSR count). The average molecular weight is 277 g/mol. The molecule has 0 aliphatic heterocycles. The fraction of sp³-hybridized carbons (Fsp3) is 0.143. The zero-order valence-corrected chi connectivity index (χ0v) is 11.1. The minimum Gasteiger partial charge on any atom is -0.462 e. The molecule has 1 N–H and O–H groups in total. The van der Waals surface area contributed by atoms with Crippen LogP contribution in [0.2, 0.25) is 5.02 Å². The maximum absolute atomic E-state index is 11.6. The number of halogens is 1. The summed E-state index contributed by atoms with van der Waals surface area (Å²) in [6.45, 7) is 2.10. The molecule has 1 heterocycles. The van der Waals surface area contributed by atoms with Gasteiger partial charge in [0.1, 0.15) is 0 Å². The van der Waals surface area contributed by atoms with Crippen LogP contribution < -0.4 is 5.32 Å². The summed E-state index contributed by atoms with van der Waals surface area (Å²) in [6.07, 6.45) is 3.09. The molecule has 0 amide bonds. The molecule has 0 radical (unpaired) electrons. The Morgan fingerprint density at radius 1 is 1.37 bits per heavy atom. The zero-order valence-electron chi connectivity index (χ0n) is 10.4. The minimum atomic E-state index is -0.391. The van der Waals surface area contributed by atoms with Crippen molar-refractivity contribution >= 4 is 28.9 Å². The number of pyridine rings is 1. The van der Waals surface area contributed by atoms with Crippen molar-refractivity contribution in [2.45, 2.75) is 6.92 Å². The quantitative estimate of drug-likeness (QED) is 0.866. The molecule has 19 heavy (non-hydrogen) atoms. The summed E-state index contributed by atoms with van der Waals surface area (Å²) in [5.41, 5.74) is 1.84. The van der Waals surface area contributed by atoms with Crippen molar-refractivity contribution in [3.8, 4) is 0 Å². The zero-order chi connectivity index (χ0) is 13.7. The lowest BCUT2D eigenvalue weighted by atomic mass is 10.2. The van der Waals surface area contributed by atoms with Crippen molar-refractivity contribution in [2.75, 3.05) is 11.9 Å². The van der Waals surface area contributed by atoms with E-state index in [1.54, 1.807) is 25.3 Å². The number of carbonyl (C=O) groups excluding carboxylic acids is 1. The van der Waals surface area contributed by atoms with Gasteiger partial charge in [-0.25, -0.2) is 4.79 Å². The van der Waals surface area contributed by atoms with E-state index in [9.17, 15) is 4.79 Å². The minimum absolute atomic E-state index is 0.334. The van der Waals surface area contributed by atoms with Crippen LogP contribution in [0.4, 0.5) is 11.4 Å². The molecule has 0 spiro atoms. The van der Waals surface area contributed by atoms with E-state index in [1.165, 1.54) is 6.20 Å². The number of carbonyl (C=O) groups is 1. The van der Waals surface area contributed by atoms with Crippen LogP contribution in [0.25, 0.3) is 0 Å². The Kier molecular flexibility index (Phi) is 4.36. The molecule has 0 saturated carbocycles. The number of aromatic nitrogens is 1. The van der Waals surface area contributed by atoms with Crippen LogP contribution in [0, 0.1) is 0 Å². The van der Waals surface area contributed by atoms with Gasteiger partial charge in [0.25, 0.3) is 0 Å². The smallest absolute Gasteiger partial charge is 0.339 e. The Hall–Kier alpha value is -2.07. The van der Waals surface area contributed by atoms with Crippen LogP contribution in [-0.4, -0.2) is 17.6 Å². The van der Waals surface area contributed by atoms with Gasteiger partial charge in [-0.15, -0.1) is 0 Å². The molecule has 0 fully saturated rings. The lowest BCUT2D eigenvalue weighted by molar-refractivity contribution is 0.0526. The van der Waals surface area contributed by atoms with E-state index in [0.717, 1.165) is 5.69 Å². The predicted octanol–water partition coefficient (Wildman–Crippen LogP) is 3.66. The van der Waals surface area contributed by atoms with Crippen LogP contribution in [0.3, 0.4) is 0 Å². The highest BCUT2D eigenvalue weighted by Gasteiger charge is 2.08. The first kappa shape index (κ1) is 13.4. The molecule has 1 aromatic carbocycles. The van der Waals surface area contributed by atoms with Crippen molar-refractivity contribution in [1.29, 1.82) is 0 Å². The second-order valence-electron chi connectivity index (χ2n) is 3.79. The number of anilines is 2. The van der Waals surface area contributed by atoms with Crippen molar-refractivity contribution in [2.24, 2.45) is 0 Å². The van der Waals surface area contributed by atoms with Crippen LogP contribution in [-0.2, 0) is 4.74 Å². The van der Waals surface area contributed by atoms with Gasteiger partial charge in [0.15, 0.2) is 0 Å². The Labute approximate surface area is 116 Å². The number of hydrogen-bond acceptors (Lipinski definition) is 4. The van der Waals surface area contributed by atoms with Crippen molar-refractivity contribution in [3.05, 3.63) is 53.3 Å². The highest BCUT2D eigenvalue weighted by Crippen LogP contribution is 2.24. The number of rotatable bonds is 4. The summed E-state index contributed by atoms with van der Waals surface area (Å²) in [5, 5.41) is 3.71. The number of benzene rings is 1.